The van der Waals surface area contributed by atoms with E-state index in [1.807, 2.05) is 6.92 Å². The lowest BCUT2D eigenvalue weighted by atomic mass is 10.0. The lowest BCUT2D eigenvalue weighted by molar-refractivity contribution is -0.137. The molecule has 0 aromatic heterocycles. The molecule has 2 aliphatic heterocycles. The second kappa shape index (κ2) is 23.9. The Morgan fingerprint density at radius 2 is 1.40 bits per heavy atom. The number of sulfonamides is 1. The van der Waals surface area contributed by atoms with Crippen LogP contribution in [0.5, 0.6) is 0 Å². The van der Waals surface area contributed by atoms with E-state index in [-0.39, 0.29) is 46.1 Å². The zero-order valence-electron chi connectivity index (χ0n) is 36.8. The molecule has 3 amide bonds. The summed E-state index contributed by atoms with van der Waals surface area (Å²) >= 11 is 1.52. The van der Waals surface area contributed by atoms with Crippen molar-refractivity contribution < 1.29 is 37.1 Å². The number of rotatable bonds is 27. The van der Waals surface area contributed by atoms with Crippen LogP contribution in [0.15, 0.2) is 57.2 Å². The van der Waals surface area contributed by atoms with Gasteiger partial charge in [-0.25, -0.2) is 27.9 Å². The quantitative estimate of drug-likeness (QED) is 0.0525. The highest BCUT2D eigenvalue weighted by Crippen LogP contribution is 2.38. The molecule has 2 aromatic rings. The summed E-state index contributed by atoms with van der Waals surface area (Å²) in [6.45, 7) is 11.4. The fraction of sp³-hybridized carbons (Fsp3) is 0.630. The number of cyclic esters (lactones) is 1. The molecular weight excluding hydrogens is 801 g/mol. The highest BCUT2D eigenvalue weighted by atomic mass is 32.2. The molecule has 0 radical (unpaired) electrons. The van der Waals surface area contributed by atoms with E-state index in [4.69, 9.17) is 14.5 Å². The van der Waals surface area contributed by atoms with Crippen LogP contribution in [0.3, 0.4) is 0 Å². The van der Waals surface area contributed by atoms with Crippen LogP contribution in [0.1, 0.15) is 167 Å². The van der Waals surface area contributed by atoms with E-state index in [1.54, 1.807) is 24.3 Å². The highest BCUT2D eigenvalue weighted by Gasteiger charge is 2.55. The minimum absolute atomic E-state index is 0.0212. The van der Waals surface area contributed by atoms with Crippen molar-refractivity contribution in [2.75, 3.05) is 18.5 Å². The Hall–Kier alpha value is -3.91. The van der Waals surface area contributed by atoms with Crippen molar-refractivity contribution >= 4 is 62.9 Å². The van der Waals surface area contributed by atoms with Gasteiger partial charge in [-0.15, -0.1) is 11.8 Å². The number of imide groups is 1. The number of para-hydroxylation sites is 1. The molecule has 12 nitrogen and oxygen atoms in total. The molecule has 0 saturated carbocycles. The Morgan fingerprint density at radius 1 is 0.817 bits per heavy atom. The van der Waals surface area contributed by atoms with Gasteiger partial charge in [0.25, 0.3) is 21.8 Å². The van der Waals surface area contributed by atoms with Crippen molar-refractivity contribution in [1.82, 2.24) is 9.21 Å². The van der Waals surface area contributed by atoms with Crippen molar-refractivity contribution in [3.63, 3.8) is 0 Å². The van der Waals surface area contributed by atoms with Gasteiger partial charge in [-0.1, -0.05) is 130 Å². The van der Waals surface area contributed by atoms with Crippen LogP contribution in [0.4, 0.5) is 16.2 Å². The van der Waals surface area contributed by atoms with E-state index in [9.17, 15) is 27.6 Å². The van der Waals surface area contributed by atoms with Crippen LogP contribution in [-0.2, 0) is 29.1 Å². The van der Waals surface area contributed by atoms with Crippen LogP contribution in [0.2, 0.25) is 0 Å². The summed E-state index contributed by atoms with van der Waals surface area (Å²) in [4.78, 5) is 61.6. The third-order valence-electron chi connectivity index (χ3n) is 11.1. The van der Waals surface area contributed by atoms with E-state index in [0.717, 1.165) is 49.3 Å². The number of thioether (sulfide) groups is 1. The first-order valence-electron chi connectivity index (χ1n) is 22.4. The Morgan fingerprint density at radius 3 is 1.97 bits per heavy atom. The first-order chi connectivity index (χ1) is 28.8. The van der Waals surface area contributed by atoms with Crippen molar-refractivity contribution in [1.29, 1.82) is 0 Å². The first kappa shape index (κ1) is 48.8. The number of esters is 1. The summed E-state index contributed by atoms with van der Waals surface area (Å²) in [6, 6.07) is 9.29. The van der Waals surface area contributed by atoms with Gasteiger partial charge in [-0.3, -0.25) is 13.9 Å². The van der Waals surface area contributed by atoms with E-state index >= 15 is 0 Å². The maximum absolute atomic E-state index is 14.9. The number of fused-ring (bicyclic) bond motifs is 1. The van der Waals surface area contributed by atoms with Crippen molar-refractivity contribution in [2.24, 2.45) is 4.99 Å². The first-order valence-corrected chi connectivity index (χ1v) is 24.7. The monoisotopic (exact) mass is 868 g/mol. The van der Waals surface area contributed by atoms with Crippen LogP contribution in [0, 0.1) is 0 Å². The predicted molar refractivity (Wildman–Crippen MR) is 239 cm³/mol. The zero-order valence-corrected chi connectivity index (χ0v) is 38.4. The molecule has 2 heterocycles. The normalized spacial score (nSPS) is 16.1. The molecule has 2 aromatic carbocycles. The number of ether oxygens (including phenoxy) is 2. The summed E-state index contributed by atoms with van der Waals surface area (Å²) < 4.78 is 41.0. The second-order valence-electron chi connectivity index (χ2n) is 16.3. The summed E-state index contributed by atoms with van der Waals surface area (Å²) in [7, 11) is -4.29. The van der Waals surface area contributed by atoms with Gasteiger partial charge in [0.1, 0.15) is 4.90 Å². The smallest absolute Gasteiger partial charge is 0.418 e. The number of nitrogens with one attached hydrogen (secondary N) is 1. The number of carbonyl (C=O) groups excluding carboxylic acids is 4. The van der Waals surface area contributed by atoms with Crippen LogP contribution >= 0.6 is 11.8 Å². The van der Waals surface area contributed by atoms with Gasteiger partial charge in [-0.2, -0.15) is 0 Å². The Labute approximate surface area is 363 Å². The largest absolute Gasteiger partial charge is 0.462 e. The topological polar surface area (TPSA) is 152 Å². The highest BCUT2D eigenvalue weighted by molar-refractivity contribution is 8.00. The molecule has 0 spiro atoms. The molecular formula is C46H68N4O8S2. The number of hydrogen-bond acceptors (Lipinski definition) is 10. The standard InChI is InChI=1S/C46H68N4O8S2/c1-7-11-13-14-15-16-17-18-19-20-21-22-23-26-31-49-41(47-36-27-24-25-28-39(36)60(49,55)56)40(50-44(53)46(5,6)58-45(50)54)42(51)48-37-33-34(43(52)57-32-12-8-2)29-30-38(37)59-35(9-3)10-4/h24-25,27-30,33,35,40H,7-23,26,31-32H2,1-6H3,(H,48,51). The Kier molecular flexibility index (Phi) is 19.4. The Bertz CT molecular complexity index is 1900. The van der Waals surface area contributed by atoms with Crippen molar-refractivity contribution in [3.8, 4) is 0 Å². The average molecular weight is 869 g/mol. The fourth-order valence-electron chi connectivity index (χ4n) is 7.41. The van der Waals surface area contributed by atoms with E-state index in [1.165, 1.54) is 102 Å². The number of nitrogens with zero attached hydrogens (tertiary/aromatic N) is 3. The van der Waals surface area contributed by atoms with Gasteiger partial charge in [0.05, 0.1) is 23.5 Å². The van der Waals surface area contributed by atoms with Crippen molar-refractivity contribution in [2.45, 2.75) is 184 Å². The van der Waals surface area contributed by atoms with Crippen molar-refractivity contribution in [3.05, 3.63) is 48.0 Å². The van der Waals surface area contributed by atoms with Gasteiger partial charge in [0.2, 0.25) is 0 Å². The molecule has 1 N–H and O–H groups in total. The number of amidine groups is 1. The van der Waals surface area contributed by atoms with Gasteiger partial charge in [0.15, 0.2) is 17.5 Å². The second-order valence-corrected chi connectivity index (χ2v) is 19.5. The van der Waals surface area contributed by atoms with Gasteiger partial charge in [0, 0.05) is 16.7 Å². The molecule has 1 unspecified atom stereocenters. The van der Waals surface area contributed by atoms with Crippen LogP contribution < -0.4 is 5.32 Å². The summed E-state index contributed by atoms with van der Waals surface area (Å²) in [5.41, 5.74) is -1.08. The molecule has 1 saturated heterocycles. The molecule has 1 atom stereocenters. The molecule has 4 rings (SSSR count). The average Bonchev–Trinajstić information content (AvgIpc) is 3.42. The summed E-state index contributed by atoms with van der Waals surface area (Å²) in [5, 5.41) is 3.07. The molecule has 2 aliphatic rings. The minimum atomic E-state index is -4.29. The number of hydrogen-bond donors (Lipinski definition) is 1. The lowest BCUT2D eigenvalue weighted by Crippen LogP contribution is -2.59. The molecule has 0 aliphatic carbocycles. The fourth-order valence-corrected chi connectivity index (χ4v) is 10.1. The van der Waals surface area contributed by atoms with E-state index in [0.29, 0.717) is 22.6 Å². The SMILES string of the molecule is CCCCCCCCCCCCCCCCN1C(C(C(=O)Nc2cc(C(=O)OCCCC)ccc2SC(CC)CC)N2C(=O)OC(C)(C)C2=O)=Nc2ccccc2S1(=O)=O. The van der Waals surface area contributed by atoms with Crippen LogP contribution in [-0.4, -0.2) is 77.4 Å². The minimum Gasteiger partial charge on any atom is -0.462 e. The maximum atomic E-state index is 14.9. The molecule has 60 heavy (non-hydrogen) atoms. The number of unbranched alkanes of at least 4 members (excludes halogenated alkanes) is 14. The lowest BCUT2D eigenvalue weighted by Gasteiger charge is -2.35. The van der Waals surface area contributed by atoms with E-state index < -0.39 is 45.5 Å². The number of amides is 3. The maximum Gasteiger partial charge on any atom is 0.418 e. The molecule has 332 valence electrons. The van der Waals surface area contributed by atoms with Gasteiger partial charge < -0.3 is 14.8 Å². The molecule has 0 bridgehead atoms. The number of benzene rings is 2. The van der Waals surface area contributed by atoms with Gasteiger partial charge in [-0.05, 0) is 69.9 Å². The predicted octanol–water partition coefficient (Wildman–Crippen LogP) is 11.2. The van der Waals surface area contributed by atoms with Gasteiger partial charge >= 0.3 is 12.1 Å². The summed E-state index contributed by atoms with van der Waals surface area (Å²) in [5.74, 6) is -2.55. The summed E-state index contributed by atoms with van der Waals surface area (Å²) in [6.07, 6.45) is 17.9. The number of carbonyl (C=O) groups is 4. The number of aliphatic imine (C=N–C) groups is 1. The third kappa shape index (κ3) is 13.0. The van der Waals surface area contributed by atoms with E-state index in [2.05, 4.69) is 26.1 Å². The van der Waals surface area contributed by atoms with Crippen LogP contribution in [0.25, 0.3) is 0 Å². The molecule has 14 heteroatoms. The zero-order chi connectivity index (χ0) is 43.7. The Balaban J connectivity index is 1.63. The third-order valence-corrected chi connectivity index (χ3v) is 14.5. The number of anilines is 1. The molecule has 1 fully saturated rings.